The summed E-state index contributed by atoms with van der Waals surface area (Å²) in [4.78, 5) is 11.8. The zero-order chi connectivity index (χ0) is 21.0. The molecule has 1 aliphatic heterocycles. The Morgan fingerprint density at radius 2 is 2.00 bits per heavy atom. The molecule has 0 spiro atoms. The van der Waals surface area contributed by atoms with E-state index < -0.39 is 24.4 Å². The lowest BCUT2D eigenvalue weighted by atomic mass is 9.93. The van der Waals surface area contributed by atoms with E-state index in [1.165, 1.54) is 7.11 Å². The molecule has 1 heterocycles. The second-order valence-corrected chi connectivity index (χ2v) is 6.77. The predicted molar refractivity (Wildman–Crippen MR) is 104 cm³/mol. The van der Waals surface area contributed by atoms with Crippen molar-refractivity contribution in [3.8, 4) is 17.2 Å². The van der Waals surface area contributed by atoms with Gasteiger partial charge in [0.05, 0.1) is 25.9 Å². The standard InChI is InChI=1S/C21H25NO7/c1-22-21(26)13-4-3-5-14(8-13)28-18-9-12(6-7-17(18)27-2)20-19(25)16(24)10-15(11-23)29-20/h3-9,15-16,19-20,23-25H,10-11H2,1-2H3,(H,22,26). The SMILES string of the molecule is CNC(=O)c1cccc(Oc2cc(C3OC(CO)CC(O)C3O)ccc2OC)c1. The van der Waals surface area contributed by atoms with Crippen LogP contribution in [0.3, 0.4) is 0 Å². The van der Waals surface area contributed by atoms with E-state index in [-0.39, 0.29) is 18.9 Å². The van der Waals surface area contributed by atoms with Gasteiger partial charge in [0, 0.05) is 19.0 Å². The van der Waals surface area contributed by atoms with E-state index in [4.69, 9.17) is 14.2 Å². The topological polar surface area (TPSA) is 117 Å². The van der Waals surface area contributed by atoms with Crippen LogP contribution >= 0.6 is 0 Å². The summed E-state index contributed by atoms with van der Waals surface area (Å²) in [7, 11) is 3.05. The minimum Gasteiger partial charge on any atom is -0.493 e. The number of aliphatic hydroxyl groups is 3. The van der Waals surface area contributed by atoms with Gasteiger partial charge in [0.15, 0.2) is 11.5 Å². The molecule has 4 atom stereocenters. The smallest absolute Gasteiger partial charge is 0.251 e. The normalized spacial score (nSPS) is 24.0. The molecular formula is C21H25NO7. The number of methoxy groups -OCH3 is 1. The molecule has 0 saturated carbocycles. The summed E-state index contributed by atoms with van der Waals surface area (Å²) < 4.78 is 17.0. The van der Waals surface area contributed by atoms with Crippen LogP contribution in [0.1, 0.15) is 28.4 Å². The first kappa shape index (κ1) is 21.1. The number of hydrogen-bond acceptors (Lipinski definition) is 7. The first-order valence-electron chi connectivity index (χ1n) is 9.27. The lowest BCUT2D eigenvalue weighted by Crippen LogP contribution is -2.44. The van der Waals surface area contributed by atoms with Gasteiger partial charge in [-0.05, 0) is 35.9 Å². The van der Waals surface area contributed by atoms with Crippen molar-refractivity contribution in [2.75, 3.05) is 20.8 Å². The molecule has 1 saturated heterocycles. The van der Waals surface area contributed by atoms with Crippen LogP contribution in [0.4, 0.5) is 0 Å². The molecular weight excluding hydrogens is 378 g/mol. The summed E-state index contributed by atoms with van der Waals surface area (Å²) in [6.45, 7) is -0.258. The molecule has 1 fully saturated rings. The highest BCUT2D eigenvalue weighted by atomic mass is 16.5. The van der Waals surface area contributed by atoms with Crippen molar-refractivity contribution in [1.29, 1.82) is 0 Å². The Kier molecular flexibility index (Phi) is 6.71. The van der Waals surface area contributed by atoms with Crippen LogP contribution in [0.15, 0.2) is 42.5 Å². The third-order valence-electron chi connectivity index (χ3n) is 4.82. The Balaban J connectivity index is 1.90. The van der Waals surface area contributed by atoms with Crippen molar-refractivity contribution in [3.63, 3.8) is 0 Å². The molecule has 2 aromatic carbocycles. The summed E-state index contributed by atoms with van der Waals surface area (Å²) in [5.41, 5.74) is 1.01. The number of nitrogens with one attached hydrogen (secondary N) is 1. The zero-order valence-electron chi connectivity index (χ0n) is 16.2. The molecule has 1 aliphatic rings. The Labute approximate surface area is 168 Å². The van der Waals surface area contributed by atoms with E-state index >= 15 is 0 Å². The number of carbonyl (C=O) groups excluding carboxylic acids is 1. The number of hydrogen-bond donors (Lipinski definition) is 4. The quantitative estimate of drug-likeness (QED) is 0.576. The fraction of sp³-hybridized carbons (Fsp3) is 0.381. The molecule has 0 radical (unpaired) electrons. The maximum absolute atomic E-state index is 11.8. The molecule has 4 N–H and O–H groups in total. The highest BCUT2D eigenvalue weighted by Gasteiger charge is 2.37. The number of carbonyl (C=O) groups is 1. The molecule has 8 heteroatoms. The highest BCUT2D eigenvalue weighted by Crippen LogP contribution is 2.38. The van der Waals surface area contributed by atoms with Crippen LogP contribution in [0, 0.1) is 0 Å². The predicted octanol–water partition coefficient (Wildman–Crippen LogP) is 1.39. The highest BCUT2D eigenvalue weighted by molar-refractivity contribution is 5.94. The average molecular weight is 403 g/mol. The van der Waals surface area contributed by atoms with Gasteiger partial charge in [-0.3, -0.25) is 4.79 Å². The maximum Gasteiger partial charge on any atom is 0.251 e. The van der Waals surface area contributed by atoms with Gasteiger partial charge in [0.2, 0.25) is 0 Å². The van der Waals surface area contributed by atoms with Crippen LogP contribution in [-0.4, -0.2) is 60.3 Å². The maximum atomic E-state index is 11.8. The first-order valence-corrected chi connectivity index (χ1v) is 9.27. The van der Waals surface area contributed by atoms with Gasteiger partial charge in [0.1, 0.15) is 18.0 Å². The second-order valence-electron chi connectivity index (χ2n) is 6.77. The second kappa shape index (κ2) is 9.23. The van der Waals surface area contributed by atoms with Crippen molar-refractivity contribution in [2.45, 2.75) is 30.8 Å². The van der Waals surface area contributed by atoms with Gasteiger partial charge in [-0.1, -0.05) is 12.1 Å². The summed E-state index contributed by atoms with van der Waals surface area (Å²) in [5.74, 6) is 0.998. The van der Waals surface area contributed by atoms with Crippen LogP contribution in [-0.2, 0) is 4.74 Å². The van der Waals surface area contributed by atoms with Crippen LogP contribution in [0.25, 0.3) is 0 Å². The molecule has 0 aliphatic carbocycles. The lowest BCUT2D eigenvalue weighted by Gasteiger charge is -2.37. The number of benzene rings is 2. The van der Waals surface area contributed by atoms with Crippen LogP contribution in [0.5, 0.6) is 17.2 Å². The zero-order valence-corrected chi connectivity index (χ0v) is 16.2. The average Bonchev–Trinajstić information content (AvgIpc) is 2.75. The van der Waals surface area contributed by atoms with Crippen molar-refractivity contribution in [2.24, 2.45) is 0 Å². The summed E-state index contributed by atoms with van der Waals surface area (Å²) in [6.07, 6.45) is -3.41. The fourth-order valence-corrected chi connectivity index (χ4v) is 3.27. The lowest BCUT2D eigenvalue weighted by molar-refractivity contribution is -0.179. The molecule has 0 aromatic heterocycles. The molecule has 29 heavy (non-hydrogen) atoms. The molecule has 156 valence electrons. The fourth-order valence-electron chi connectivity index (χ4n) is 3.27. The monoisotopic (exact) mass is 403 g/mol. The van der Waals surface area contributed by atoms with E-state index in [1.54, 1.807) is 49.5 Å². The van der Waals surface area contributed by atoms with E-state index in [0.29, 0.717) is 28.4 Å². The van der Waals surface area contributed by atoms with Gasteiger partial charge >= 0.3 is 0 Å². The number of aliphatic hydroxyl groups excluding tert-OH is 3. The summed E-state index contributed by atoms with van der Waals surface area (Å²) >= 11 is 0. The van der Waals surface area contributed by atoms with Gasteiger partial charge in [0.25, 0.3) is 5.91 Å². The van der Waals surface area contributed by atoms with Crippen molar-refractivity contribution < 1.29 is 34.3 Å². The van der Waals surface area contributed by atoms with Crippen LogP contribution in [0.2, 0.25) is 0 Å². The minimum absolute atomic E-state index is 0.153. The molecule has 0 bridgehead atoms. The van der Waals surface area contributed by atoms with Gasteiger partial charge in [-0.25, -0.2) is 0 Å². The number of rotatable bonds is 6. The summed E-state index contributed by atoms with van der Waals surface area (Å²) in [6, 6.07) is 11.7. The number of amides is 1. The first-order chi connectivity index (χ1) is 14.0. The largest absolute Gasteiger partial charge is 0.493 e. The molecule has 2 aromatic rings. The molecule has 8 nitrogen and oxygen atoms in total. The summed E-state index contributed by atoms with van der Waals surface area (Å²) in [5, 5.41) is 32.4. The van der Waals surface area contributed by atoms with Gasteiger partial charge < -0.3 is 34.8 Å². The van der Waals surface area contributed by atoms with Gasteiger partial charge in [-0.2, -0.15) is 0 Å². The van der Waals surface area contributed by atoms with E-state index in [9.17, 15) is 20.1 Å². The van der Waals surface area contributed by atoms with Crippen molar-refractivity contribution in [3.05, 3.63) is 53.6 Å². The van der Waals surface area contributed by atoms with E-state index in [0.717, 1.165) is 0 Å². The molecule has 3 rings (SSSR count). The van der Waals surface area contributed by atoms with E-state index in [1.807, 2.05) is 0 Å². The molecule has 4 unspecified atom stereocenters. The number of ether oxygens (including phenoxy) is 3. The van der Waals surface area contributed by atoms with Crippen LogP contribution < -0.4 is 14.8 Å². The van der Waals surface area contributed by atoms with Crippen molar-refractivity contribution >= 4 is 5.91 Å². The Hall–Kier alpha value is -2.65. The van der Waals surface area contributed by atoms with Crippen molar-refractivity contribution in [1.82, 2.24) is 5.32 Å². The third-order valence-corrected chi connectivity index (χ3v) is 4.82. The minimum atomic E-state index is -1.14. The Morgan fingerprint density at radius 1 is 1.21 bits per heavy atom. The van der Waals surface area contributed by atoms with E-state index in [2.05, 4.69) is 5.32 Å². The Morgan fingerprint density at radius 3 is 2.69 bits per heavy atom. The Bertz CT molecular complexity index is 857. The molecule has 1 amide bonds. The van der Waals surface area contributed by atoms with Gasteiger partial charge in [-0.15, -0.1) is 0 Å². The third kappa shape index (κ3) is 4.68.